The van der Waals surface area contributed by atoms with Crippen molar-refractivity contribution in [3.63, 3.8) is 0 Å². The van der Waals surface area contributed by atoms with E-state index in [4.69, 9.17) is 14.2 Å². The molecule has 162 valence electrons. The van der Waals surface area contributed by atoms with E-state index in [-0.39, 0.29) is 18.4 Å². The minimum Gasteiger partial charge on any atom is -0.493 e. The van der Waals surface area contributed by atoms with Crippen LogP contribution in [0.2, 0.25) is 0 Å². The summed E-state index contributed by atoms with van der Waals surface area (Å²) in [6.07, 6.45) is 2.29. The predicted molar refractivity (Wildman–Crippen MR) is 120 cm³/mol. The fourth-order valence-corrected chi connectivity index (χ4v) is 3.07. The molecule has 0 aromatic heterocycles. The second-order valence-corrected chi connectivity index (χ2v) is 6.96. The number of hydrogen-bond acceptors (Lipinski definition) is 5. The van der Waals surface area contributed by atoms with Crippen LogP contribution in [0, 0.1) is 0 Å². The van der Waals surface area contributed by atoms with Gasteiger partial charge in [-0.2, -0.15) is 0 Å². The number of para-hydroxylation sites is 1. The van der Waals surface area contributed by atoms with Gasteiger partial charge in [-0.25, -0.2) is 0 Å². The van der Waals surface area contributed by atoms with E-state index in [0.717, 1.165) is 47.6 Å². The summed E-state index contributed by atoms with van der Waals surface area (Å²) in [7, 11) is 3.27. The number of hydrogen-bond donors (Lipinski definition) is 2. The molecule has 6 heteroatoms. The molecule has 0 saturated carbocycles. The number of ether oxygens (including phenoxy) is 3. The molecule has 2 unspecified atom stereocenters. The van der Waals surface area contributed by atoms with Crippen LogP contribution in [0.4, 0.5) is 0 Å². The smallest absolute Gasteiger partial charge is 0.160 e. The molecule has 0 aliphatic carbocycles. The molecule has 0 fully saturated rings. The summed E-state index contributed by atoms with van der Waals surface area (Å²) in [6, 6.07) is 13.8. The third kappa shape index (κ3) is 7.77. The maximum atomic E-state index is 10.6. The molecular formula is C23H34ClNO4. The van der Waals surface area contributed by atoms with Crippen molar-refractivity contribution in [1.29, 1.82) is 0 Å². The molecule has 29 heavy (non-hydrogen) atoms. The Balaban J connectivity index is 0.00000420. The Bertz CT molecular complexity index is 726. The Morgan fingerprint density at radius 3 is 2.41 bits per heavy atom. The van der Waals surface area contributed by atoms with Gasteiger partial charge in [0.05, 0.1) is 26.9 Å². The molecule has 0 aliphatic rings. The molecule has 2 aromatic rings. The Morgan fingerprint density at radius 2 is 1.72 bits per heavy atom. The lowest BCUT2D eigenvalue weighted by Gasteiger charge is -2.20. The van der Waals surface area contributed by atoms with Gasteiger partial charge < -0.3 is 24.6 Å². The summed E-state index contributed by atoms with van der Waals surface area (Å²) in [5.74, 6) is 2.21. The Kier molecular flexibility index (Phi) is 11.5. The molecular weight excluding hydrogens is 390 g/mol. The van der Waals surface area contributed by atoms with Crippen molar-refractivity contribution in [2.45, 2.75) is 45.3 Å². The van der Waals surface area contributed by atoms with E-state index in [0.29, 0.717) is 13.2 Å². The predicted octanol–water partition coefficient (Wildman–Crippen LogP) is 4.56. The van der Waals surface area contributed by atoms with Crippen LogP contribution in [-0.4, -0.2) is 38.5 Å². The highest BCUT2D eigenvalue weighted by Gasteiger charge is 2.15. The van der Waals surface area contributed by atoms with Gasteiger partial charge in [-0.1, -0.05) is 37.6 Å². The Hall–Kier alpha value is -1.95. The van der Waals surface area contributed by atoms with Gasteiger partial charge in [-0.3, -0.25) is 0 Å². The van der Waals surface area contributed by atoms with Gasteiger partial charge in [0.2, 0.25) is 0 Å². The first-order valence-electron chi connectivity index (χ1n) is 9.93. The lowest BCUT2D eigenvalue weighted by molar-refractivity contribution is 0.164. The van der Waals surface area contributed by atoms with E-state index in [1.807, 2.05) is 42.5 Å². The first-order valence-corrected chi connectivity index (χ1v) is 9.93. The fourth-order valence-electron chi connectivity index (χ4n) is 3.07. The minimum absolute atomic E-state index is 0. The number of nitrogens with one attached hydrogen (secondary N) is 1. The van der Waals surface area contributed by atoms with Gasteiger partial charge in [0, 0.05) is 18.2 Å². The molecule has 5 nitrogen and oxygen atoms in total. The number of halogens is 1. The Morgan fingerprint density at radius 1 is 1.00 bits per heavy atom. The zero-order valence-corrected chi connectivity index (χ0v) is 18.6. The standard InChI is InChI=1S/C23H33NO4.ClH/c1-5-6-13-28-21-10-8-7-9-19(21)20(25)16-24-17(2)14-18-11-12-22(26-3)23(15-18)27-4;/h7-12,15,17,20,24-25H,5-6,13-14,16H2,1-4H3;1H. The summed E-state index contributed by atoms with van der Waals surface area (Å²) >= 11 is 0. The molecule has 2 aromatic carbocycles. The van der Waals surface area contributed by atoms with Gasteiger partial charge in [-0.15, -0.1) is 12.4 Å². The second kappa shape index (κ2) is 13.3. The van der Waals surface area contributed by atoms with E-state index < -0.39 is 6.10 Å². The van der Waals surface area contributed by atoms with Crippen LogP contribution < -0.4 is 19.5 Å². The highest BCUT2D eigenvalue weighted by molar-refractivity contribution is 5.85. The number of unbranched alkanes of at least 4 members (excludes halogenated alkanes) is 1. The highest BCUT2D eigenvalue weighted by Crippen LogP contribution is 2.28. The average Bonchev–Trinajstić information content (AvgIpc) is 2.72. The summed E-state index contributed by atoms with van der Waals surface area (Å²) in [4.78, 5) is 0. The summed E-state index contributed by atoms with van der Waals surface area (Å²) in [6.45, 7) is 5.37. The van der Waals surface area contributed by atoms with E-state index in [1.165, 1.54) is 0 Å². The van der Waals surface area contributed by atoms with E-state index >= 15 is 0 Å². The molecule has 2 rings (SSSR count). The zero-order valence-electron chi connectivity index (χ0n) is 17.8. The molecule has 0 saturated heterocycles. The normalized spacial score (nSPS) is 12.6. The van der Waals surface area contributed by atoms with Crippen molar-refractivity contribution < 1.29 is 19.3 Å². The molecule has 2 N–H and O–H groups in total. The lowest BCUT2D eigenvalue weighted by atomic mass is 10.0. The topological polar surface area (TPSA) is 60.0 Å². The maximum Gasteiger partial charge on any atom is 0.160 e. The van der Waals surface area contributed by atoms with Gasteiger partial charge in [0.25, 0.3) is 0 Å². The number of rotatable bonds is 12. The highest BCUT2D eigenvalue weighted by atomic mass is 35.5. The molecule has 0 radical (unpaired) electrons. The second-order valence-electron chi connectivity index (χ2n) is 6.96. The van der Waals surface area contributed by atoms with Gasteiger partial charge in [-0.05, 0) is 43.5 Å². The van der Waals surface area contributed by atoms with E-state index in [2.05, 4.69) is 19.2 Å². The number of methoxy groups -OCH3 is 2. The number of aliphatic hydroxyl groups excluding tert-OH is 1. The molecule has 0 aliphatic heterocycles. The van der Waals surface area contributed by atoms with Crippen molar-refractivity contribution in [2.24, 2.45) is 0 Å². The number of benzene rings is 2. The van der Waals surface area contributed by atoms with Crippen molar-refractivity contribution in [1.82, 2.24) is 5.32 Å². The van der Waals surface area contributed by atoms with Crippen LogP contribution >= 0.6 is 12.4 Å². The van der Waals surface area contributed by atoms with Crippen LogP contribution in [-0.2, 0) is 6.42 Å². The van der Waals surface area contributed by atoms with Crippen molar-refractivity contribution in [3.8, 4) is 17.2 Å². The van der Waals surface area contributed by atoms with Crippen LogP contribution in [0.1, 0.15) is 43.9 Å². The molecule has 0 heterocycles. The summed E-state index contributed by atoms with van der Waals surface area (Å²) in [5.41, 5.74) is 1.97. The van der Waals surface area contributed by atoms with Crippen molar-refractivity contribution in [2.75, 3.05) is 27.4 Å². The van der Waals surface area contributed by atoms with Crippen LogP contribution in [0.15, 0.2) is 42.5 Å². The first-order chi connectivity index (χ1) is 13.6. The average molecular weight is 424 g/mol. The largest absolute Gasteiger partial charge is 0.493 e. The third-order valence-corrected chi connectivity index (χ3v) is 4.68. The molecule has 0 bridgehead atoms. The summed E-state index contributed by atoms with van der Waals surface area (Å²) < 4.78 is 16.5. The third-order valence-electron chi connectivity index (χ3n) is 4.68. The zero-order chi connectivity index (χ0) is 20.4. The number of aliphatic hydroxyl groups is 1. The van der Waals surface area contributed by atoms with Crippen LogP contribution in [0.3, 0.4) is 0 Å². The van der Waals surface area contributed by atoms with Crippen LogP contribution in [0.25, 0.3) is 0 Å². The summed E-state index contributed by atoms with van der Waals surface area (Å²) in [5, 5.41) is 14.1. The quantitative estimate of drug-likeness (QED) is 0.490. The Labute approximate surface area is 180 Å². The van der Waals surface area contributed by atoms with Gasteiger partial charge in [0.1, 0.15) is 5.75 Å². The van der Waals surface area contributed by atoms with E-state index in [9.17, 15) is 5.11 Å². The monoisotopic (exact) mass is 423 g/mol. The fraction of sp³-hybridized carbons (Fsp3) is 0.478. The minimum atomic E-state index is -0.620. The molecule has 0 spiro atoms. The van der Waals surface area contributed by atoms with Crippen molar-refractivity contribution in [3.05, 3.63) is 53.6 Å². The lowest BCUT2D eigenvalue weighted by Crippen LogP contribution is -2.32. The van der Waals surface area contributed by atoms with Gasteiger partial charge >= 0.3 is 0 Å². The van der Waals surface area contributed by atoms with E-state index in [1.54, 1.807) is 14.2 Å². The molecule has 0 amide bonds. The SMILES string of the molecule is CCCCOc1ccccc1C(O)CNC(C)Cc1ccc(OC)c(OC)c1.Cl. The van der Waals surface area contributed by atoms with Gasteiger partial charge in [0.15, 0.2) is 11.5 Å². The maximum absolute atomic E-state index is 10.6. The van der Waals surface area contributed by atoms with Crippen molar-refractivity contribution >= 4 is 12.4 Å². The van der Waals surface area contributed by atoms with Crippen LogP contribution in [0.5, 0.6) is 17.2 Å². The first kappa shape index (κ1) is 25.1. The molecule has 2 atom stereocenters.